The molecule has 2 atom stereocenters. The van der Waals surface area contributed by atoms with Crippen LogP contribution < -0.4 is 10.2 Å². The summed E-state index contributed by atoms with van der Waals surface area (Å²) in [5.74, 6) is 0.545. The van der Waals surface area contributed by atoms with Gasteiger partial charge in [-0.3, -0.25) is 0 Å². The third-order valence-electron chi connectivity index (χ3n) is 3.67. The van der Waals surface area contributed by atoms with E-state index >= 15 is 0 Å². The summed E-state index contributed by atoms with van der Waals surface area (Å²) < 4.78 is 5.93. The van der Waals surface area contributed by atoms with Gasteiger partial charge < -0.3 is 15.0 Å². The molecule has 0 aliphatic carbocycles. The Labute approximate surface area is 96.4 Å². The van der Waals surface area contributed by atoms with Crippen LogP contribution in [-0.2, 0) is 11.3 Å². The van der Waals surface area contributed by atoms with Crippen molar-refractivity contribution in [1.82, 2.24) is 5.32 Å². The first kappa shape index (κ1) is 10.1. The first-order valence-electron chi connectivity index (χ1n) is 5.89. The lowest BCUT2D eigenvalue weighted by Crippen LogP contribution is -2.28. The molecule has 0 aromatic heterocycles. The van der Waals surface area contributed by atoms with Crippen LogP contribution in [-0.4, -0.2) is 33.3 Å². The highest BCUT2D eigenvalue weighted by atomic mass is 16.5. The van der Waals surface area contributed by atoms with Crippen LogP contribution in [0, 0.1) is 0 Å². The highest BCUT2D eigenvalue weighted by Gasteiger charge is 2.35. The average Bonchev–Trinajstić information content (AvgIpc) is 2.76. The lowest BCUT2D eigenvalue weighted by Gasteiger charge is -2.31. The summed E-state index contributed by atoms with van der Waals surface area (Å²) >= 11 is 0. The van der Waals surface area contributed by atoms with Crippen molar-refractivity contribution in [1.29, 1.82) is 0 Å². The van der Waals surface area contributed by atoms with Gasteiger partial charge in [0.1, 0.15) is 0 Å². The molecular formula is C13H18N2O. The number of hydrogen-bond acceptors (Lipinski definition) is 3. The van der Waals surface area contributed by atoms with E-state index in [0.717, 1.165) is 19.7 Å². The van der Waals surface area contributed by atoms with Gasteiger partial charge in [0.2, 0.25) is 0 Å². The summed E-state index contributed by atoms with van der Waals surface area (Å²) in [7, 11) is 4.18. The van der Waals surface area contributed by atoms with E-state index in [1.807, 2.05) is 0 Å². The van der Waals surface area contributed by atoms with E-state index in [0.29, 0.717) is 12.0 Å². The molecule has 1 N–H and O–H groups in total. The molecule has 1 saturated heterocycles. The van der Waals surface area contributed by atoms with Gasteiger partial charge >= 0.3 is 0 Å². The molecule has 2 unspecified atom stereocenters. The van der Waals surface area contributed by atoms with Gasteiger partial charge in [-0.15, -0.1) is 0 Å². The smallest absolute Gasteiger partial charge is 0.0784 e. The van der Waals surface area contributed by atoms with E-state index < -0.39 is 0 Å². The van der Waals surface area contributed by atoms with Crippen LogP contribution in [0.3, 0.4) is 0 Å². The van der Waals surface area contributed by atoms with Gasteiger partial charge in [0.05, 0.1) is 12.7 Å². The highest BCUT2D eigenvalue weighted by molar-refractivity contribution is 5.57. The van der Waals surface area contributed by atoms with E-state index in [2.05, 4.69) is 42.5 Å². The Morgan fingerprint density at radius 3 is 3.00 bits per heavy atom. The third kappa shape index (κ3) is 1.43. The summed E-state index contributed by atoms with van der Waals surface area (Å²) in [6.45, 7) is 2.80. The fraction of sp³-hybridized carbons (Fsp3) is 0.538. The van der Waals surface area contributed by atoms with Gasteiger partial charge in [-0.2, -0.15) is 0 Å². The Hall–Kier alpha value is -1.06. The largest absolute Gasteiger partial charge is 0.377 e. The molecule has 2 aliphatic heterocycles. The van der Waals surface area contributed by atoms with Gasteiger partial charge in [-0.1, -0.05) is 12.1 Å². The average molecular weight is 218 g/mol. The Balaban J connectivity index is 2.07. The predicted molar refractivity (Wildman–Crippen MR) is 65.0 cm³/mol. The molecule has 0 amide bonds. The third-order valence-corrected chi connectivity index (χ3v) is 3.67. The van der Waals surface area contributed by atoms with Crippen molar-refractivity contribution in [3.63, 3.8) is 0 Å². The van der Waals surface area contributed by atoms with Crippen LogP contribution in [0.1, 0.15) is 17.0 Å². The zero-order chi connectivity index (χ0) is 11.1. The normalized spacial score (nSPS) is 27.4. The predicted octanol–water partition coefficient (Wildman–Crippen LogP) is 1.34. The fourth-order valence-corrected chi connectivity index (χ4v) is 2.85. The number of hydrogen-bond donors (Lipinski definition) is 1. The van der Waals surface area contributed by atoms with Crippen LogP contribution in [0.25, 0.3) is 0 Å². The van der Waals surface area contributed by atoms with Crippen molar-refractivity contribution in [3.05, 3.63) is 29.3 Å². The SMILES string of the molecule is CN(C)c1cccc2c1COC1CNCC21. The van der Waals surface area contributed by atoms with Crippen LogP contribution in [0.15, 0.2) is 18.2 Å². The summed E-state index contributed by atoms with van der Waals surface area (Å²) in [6.07, 6.45) is 0.380. The zero-order valence-corrected chi connectivity index (χ0v) is 9.86. The minimum atomic E-state index is 0.380. The lowest BCUT2D eigenvalue weighted by molar-refractivity contribution is 0.0302. The monoisotopic (exact) mass is 218 g/mol. The van der Waals surface area contributed by atoms with Crippen molar-refractivity contribution >= 4 is 5.69 Å². The van der Waals surface area contributed by atoms with Crippen LogP contribution in [0.5, 0.6) is 0 Å². The molecule has 2 aliphatic rings. The second-order valence-electron chi connectivity index (χ2n) is 4.85. The minimum absolute atomic E-state index is 0.380. The second kappa shape index (κ2) is 3.75. The van der Waals surface area contributed by atoms with Crippen LogP contribution >= 0.6 is 0 Å². The van der Waals surface area contributed by atoms with Crippen molar-refractivity contribution in [3.8, 4) is 0 Å². The van der Waals surface area contributed by atoms with Crippen LogP contribution in [0.2, 0.25) is 0 Å². The number of fused-ring (bicyclic) bond motifs is 3. The molecule has 1 aromatic carbocycles. The number of benzene rings is 1. The van der Waals surface area contributed by atoms with E-state index in [4.69, 9.17) is 4.74 Å². The number of nitrogens with one attached hydrogen (secondary N) is 1. The minimum Gasteiger partial charge on any atom is -0.377 e. The van der Waals surface area contributed by atoms with Crippen molar-refractivity contribution < 1.29 is 4.74 Å². The highest BCUT2D eigenvalue weighted by Crippen LogP contribution is 2.37. The first-order valence-corrected chi connectivity index (χ1v) is 5.89. The lowest BCUT2D eigenvalue weighted by atomic mass is 9.88. The quantitative estimate of drug-likeness (QED) is 0.770. The van der Waals surface area contributed by atoms with Gasteiger partial charge in [-0.25, -0.2) is 0 Å². The van der Waals surface area contributed by atoms with Crippen molar-refractivity contribution in [2.45, 2.75) is 18.6 Å². The Morgan fingerprint density at radius 2 is 2.19 bits per heavy atom. The van der Waals surface area contributed by atoms with E-state index in [-0.39, 0.29) is 0 Å². The Kier molecular flexibility index (Phi) is 2.37. The molecule has 16 heavy (non-hydrogen) atoms. The number of nitrogens with zero attached hydrogens (tertiary/aromatic N) is 1. The topological polar surface area (TPSA) is 24.5 Å². The van der Waals surface area contributed by atoms with Gasteiger partial charge in [0, 0.05) is 44.4 Å². The van der Waals surface area contributed by atoms with Gasteiger partial charge in [0.15, 0.2) is 0 Å². The molecule has 3 heteroatoms. The van der Waals surface area contributed by atoms with Crippen molar-refractivity contribution in [2.24, 2.45) is 0 Å². The van der Waals surface area contributed by atoms with Gasteiger partial charge in [-0.05, 0) is 11.6 Å². The van der Waals surface area contributed by atoms with E-state index in [9.17, 15) is 0 Å². The number of anilines is 1. The maximum absolute atomic E-state index is 5.93. The molecule has 0 bridgehead atoms. The summed E-state index contributed by atoms with van der Waals surface area (Å²) in [6, 6.07) is 6.59. The van der Waals surface area contributed by atoms with Crippen LogP contribution in [0.4, 0.5) is 5.69 Å². The fourth-order valence-electron chi connectivity index (χ4n) is 2.85. The van der Waals surface area contributed by atoms with Gasteiger partial charge in [0.25, 0.3) is 0 Å². The number of rotatable bonds is 1. The molecular weight excluding hydrogens is 200 g/mol. The number of ether oxygens (including phenoxy) is 1. The zero-order valence-electron chi connectivity index (χ0n) is 9.86. The second-order valence-corrected chi connectivity index (χ2v) is 4.85. The maximum atomic E-state index is 5.93. The molecule has 1 fully saturated rings. The molecule has 0 spiro atoms. The van der Waals surface area contributed by atoms with Crippen molar-refractivity contribution in [2.75, 3.05) is 32.1 Å². The molecule has 0 radical (unpaired) electrons. The molecule has 2 heterocycles. The van der Waals surface area contributed by atoms with E-state index in [1.54, 1.807) is 0 Å². The molecule has 3 nitrogen and oxygen atoms in total. The summed E-state index contributed by atoms with van der Waals surface area (Å²) in [5, 5.41) is 3.42. The standard InChI is InChI=1S/C13H18N2O/c1-15(2)12-5-3-4-9-10-6-14-7-13(10)16-8-11(9)12/h3-5,10,13-14H,6-8H2,1-2H3. The Bertz CT molecular complexity index is 403. The molecule has 1 aromatic rings. The summed E-state index contributed by atoms with van der Waals surface area (Å²) in [4.78, 5) is 2.17. The first-order chi connectivity index (χ1) is 7.77. The molecule has 3 rings (SSSR count). The van der Waals surface area contributed by atoms with E-state index in [1.165, 1.54) is 16.8 Å². The molecule has 0 saturated carbocycles. The maximum Gasteiger partial charge on any atom is 0.0784 e. The molecule has 86 valence electrons. The Morgan fingerprint density at radius 1 is 1.31 bits per heavy atom. The summed E-state index contributed by atoms with van der Waals surface area (Å²) in [5.41, 5.74) is 4.15.